The Balaban J connectivity index is 1.91. The fraction of sp³-hybridized carbons (Fsp3) is 0.111. The number of rotatable bonds is 2. The van der Waals surface area contributed by atoms with Crippen molar-refractivity contribution in [2.45, 2.75) is 12.3 Å². The first kappa shape index (κ1) is 15.2. The minimum absolute atomic E-state index is 0.0883. The number of carbonyl (C=O) groups excluding carboxylic acids is 1. The van der Waals surface area contributed by atoms with E-state index < -0.39 is 0 Å². The third-order valence-corrected chi connectivity index (χ3v) is 4.77. The van der Waals surface area contributed by atoms with E-state index in [4.69, 9.17) is 23.2 Å². The van der Waals surface area contributed by atoms with Gasteiger partial charge in [0, 0.05) is 27.9 Å². The number of fused-ring (bicyclic) bond motifs is 1. The number of benzene rings is 2. The highest BCUT2D eigenvalue weighted by Gasteiger charge is 2.33. The van der Waals surface area contributed by atoms with Crippen molar-refractivity contribution in [3.63, 3.8) is 0 Å². The van der Waals surface area contributed by atoms with Crippen LogP contribution in [0.25, 0.3) is 11.3 Å². The normalized spacial score (nSPS) is 16.6. The van der Waals surface area contributed by atoms with Crippen LogP contribution in [0.15, 0.2) is 48.5 Å². The molecule has 1 amide bonds. The van der Waals surface area contributed by atoms with Gasteiger partial charge in [0.05, 0.1) is 5.69 Å². The molecule has 0 aliphatic carbocycles. The number of hydrogen-bond acceptors (Lipinski definition) is 2. The van der Waals surface area contributed by atoms with E-state index in [2.05, 4.69) is 15.5 Å². The van der Waals surface area contributed by atoms with Crippen LogP contribution in [0.3, 0.4) is 0 Å². The van der Waals surface area contributed by atoms with Crippen molar-refractivity contribution < 1.29 is 4.79 Å². The van der Waals surface area contributed by atoms with E-state index in [-0.39, 0.29) is 11.8 Å². The van der Waals surface area contributed by atoms with Crippen molar-refractivity contribution in [2.75, 3.05) is 5.32 Å². The number of halogens is 2. The summed E-state index contributed by atoms with van der Waals surface area (Å²) in [6.45, 7) is 0. The van der Waals surface area contributed by atoms with Crippen molar-refractivity contribution in [1.82, 2.24) is 10.2 Å². The van der Waals surface area contributed by atoms with Crippen LogP contribution in [0.1, 0.15) is 23.5 Å². The minimum Gasteiger partial charge on any atom is -0.309 e. The lowest BCUT2D eigenvalue weighted by Crippen LogP contribution is -2.23. The molecule has 2 heterocycles. The van der Waals surface area contributed by atoms with Crippen molar-refractivity contribution >= 4 is 34.9 Å². The molecule has 2 N–H and O–H groups in total. The van der Waals surface area contributed by atoms with Gasteiger partial charge in [-0.25, -0.2) is 0 Å². The number of nitrogens with one attached hydrogen (secondary N) is 2. The number of carbonyl (C=O) groups is 1. The topological polar surface area (TPSA) is 57.8 Å². The highest BCUT2D eigenvalue weighted by Crippen LogP contribution is 2.44. The van der Waals surface area contributed by atoms with Gasteiger partial charge in [0.15, 0.2) is 5.82 Å². The van der Waals surface area contributed by atoms with Crippen molar-refractivity contribution in [2.24, 2.45) is 0 Å². The largest absolute Gasteiger partial charge is 0.309 e. The molecule has 1 aliphatic heterocycles. The molecule has 1 aromatic heterocycles. The Morgan fingerprint density at radius 3 is 2.67 bits per heavy atom. The Kier molecular flexibility index (Phi) is 3.79. The Labute approximate surface area is 148 Å². The number of aromatic amines is 1. The van der Waals surface area contributed by atoms with E-state index in [1.54, 1.807) is 12.1 Å². The Bertz CT molecular complexity index is 921. The van der Waals surface area contributed by atoms with E-state index in [1.165, 1.54) is 0 Å². The fourth-order valence-electron chi connectivity index (χ4n) is 3.13. The number of H-pyrrole nitrogens is 1. The van der Waals surface area contributed by atoms with Gasteiger partial charge in [-0.05, 0) is 29.3 Å². The zero-order chi connectivity index (χ0) is 16.7. The summed E-state index contributed by atoms with van der Waals surface area (Å²) < 4.78 is 0. The zero-order valence-corrected chi connectivity index (χ0v) is 14.0. The third-order valence-electron chi connectivity index (χ3n) is 4.20. The second-order valence-electron chi connectivity index (χ2n) is 5.70. The van der Waals surface area contributed by atoms with E-state index in [1.807, 2.05) is 36.4 Å². The van der Waals surface area contributed by atoms with Crippen LogP contribution < -0.4 is 5.32 Å². The Hall–Kier alpha value is -2.30. The van der Waals surface area contributed by atoms with Gasteiger partial charge in [-0.2, -0.15) is 5.10 Å². The maximum absolute atomic E-state index is 12.1. The number of nitrogens with zero attached hydrogens (tertiary/aromatic N) is 1. The molecular weight excluding hydrogens is 345 g/mol. The Morgan fingerprint density at radius 2 is 1.88 bits per heavy atom. The molecule has 4 nitrogen and oxygen atoms in total. The summed E-state index contributed by atoms with van der Waals surface area (Å²) >= 11 is 12.5. The maximum Gasteiger partial charge on any atom is 0.226 e. The van der Waals surface area contributed by atoms with Crippen LogP contribution in [0.2, 0.25) is 10.0 Å². The van der Waals surface area contributed by atoms with E-state index in [0.29, 0.717) is 22.3 Å². The molecule has 2 aromatic carbocycles. The molecule has 0 saturated carbocycles. The van der Waals surface area contributed by atoms with Gasteiger partial charge in [-0.15, -0.1) is 0 Å². The predicted octanol–water partition coefficient (Wildman–Crippen LogP) is 4.86. The molecule has 1 aliphatic rings. The lowest BCUT2D eigenvalue weighted by molar-refractivity contribution is -0.116. The van der Waals surface area contributed by atoms with Crippen molar-refractivity contribution in [3.05, 3.63) is 69.7 Å². The molecule has 0 saturated heterocycles. The van der Waals surface area contributed by atoms with Gasteiger partial charge in [0.25, 0.3) is 0 Å². The highest BCUT2D eigenvalue weighted by atomic mass is 35.5. The van der Waals surface area contributed by atoms with Gasteiger partial charge in [-0.3, -0.25) is 9.89 Å². The second kappa shape index (κ2) is 5.96. The molecule has 0 fully saturated rings. The molecule has 1 atom stereocenters. The minimum atomic E-state index is -0.200. The van der Waals surface area contributed by atoms with Crippen molar-refractivity contribution in [3.8, 4) is 11.3 Å². The number of hydrogen-bond donors (Lipinski definition) is 2. The first-order valence-corrected chi connectivity index (χ1v) is 8.27. The van der Waals surface area contributed by atoms with Gasteiger partial charge in [0.1, 0.15) is 0 Å². The van der Waals surface area contributed by atoms with Crippen molar-refractivity contribution in [1.29, 1.82) is 0 Å². The molecule has 1 unspecified atom stereocenters. The van der Waals surface area contributed by atoms with E-state index >= 15 is 0 Å². The first-order chi connectivity index (χ1) is 11.6. The predicted molar refractivity (Wildman–Crippen MR) is 95.6 cm³/mol. The maximum atomic E-state index is 12.1. The summed E-state index contributed by atoms with van der Waals surface area (Å²) in [5.74, 6) is 0.259. The highest BCUT2D eigenvalue weighted by molar-refractivity contribution is 6.33. The number of aromatic nitrogens is 2. The van der Waals surface area contributed by atoms with Gasteiger partial charge >= 0.3 is 0 Å². The molecule has 0 spiro atoms. The Morgan fingerprint density at radius 1 is 1.08 bits per heavy atom. The first-order valence-electron chi connectivity index (χ1n) is 7.52. The van der Waals surface area contributed by atoms with Gasteiger partial charge in [0.2, 0.25) is 5.91 Å². The smallest absolute Gasteiger partial charge is 0.226 e. The molecule has 120 valence electrons. The third kappa shape index (κ3) is 2.58. The van der Waals surface area contributed by atoms with E-state index in [9.17, 15) is 4.79 Å². The van der Waals surface area contributed by atoms with E-state index in [0.717, 1.165) is 22.4 Å². The average Bonchev–Trinajstić information content (AvgIpc) is 3.01. The van der Waals surface area contributed by atoms with Crippen LogP contribution in [0.4, 0.5) is 5.82 Å². The number of anilines is 1. The monoisotopic (exact) mass is 357 g/mol. The quantitative estimate of drug-likeness (QED) is 0.688. The summed E-state index contributed by atoms with van der Waals surface area (Å²) in [5, 5.41) is 11.3. The second-order valence-corrected chi connectivity index (χ2v) is 6.54. The molecule has 0 radical (unpaired) electrons. The molecular formula is C18H13Cl2N3O. The summed E-state index contributed by atoms with van der Waals surface area (Å²) in [6.07, 6.45) is 0.298. The molecule has 3 aromatic rings. The molecule has 6 heteroatoms. The lowest BCUT2D eigenvalue weighted by Gasteiger charge is -2.24. The summed E-state index contributed by atoms with van der Waals surface area (Å²) in [5.41, 5.74) is 3.65. The van der Waals surface area contributed by atoms with Crippen LogP contribution in [0.5, 0.6) is 0 Å². The van der Waals surface area contributed by atoms with Crippen LogP contribution in [-0.4, -0.2) is 16.1 Å². The van der Waals surface area contributed by atoms with Crippen LogP contribution in [0, 0.1) is 0 Å². The molecule has 4 rings (SSSR count). The SMILES string of the molecule is O=C1CC(c2cc(Cl)ccc2Cl)c2c(n[nH]c2-c2ccccc2)N1. The standard InChI is InChI=1S/C18H13Cl2N3O/c19-11-6-7-14(20)12(8-11)13-9-15(24)21-18-16(13)17(22-23-18)10-4-2-1-3-5-10/h1-8,13H,9H2,(H2,21,22,23,24). The van der Waals surface area contributed by atoms with Gasteiger partial charge in [-0.1, -0.05) is 53.5 Å². The summed E-state index contributed by atoms with van der Waals surface area (Å²) in [7, 11) is 0. The summed E-state index contributed by atoms with van der Waals surface area (Å²) in [6, 6.07) is 15.2. The van der Waals surface area contributed by atoms with Crippen LogP contribution in [-0.2, 0) is 4.79 Å². The molecule has 0 bridgehead atoms. The average molecular weight is 358 g/mol. The van der Waals surface area contributed by atoms with Gasteiger partial charge < -0.3 is 5.32 Å². The molecule has 24 heavy (non-hydrogen) atoms. The summed E-state index contributed by atoms with van der Waals surface area (Å²) in [4.78, 5) is 12.1. The number of amides is 1. The lowest BCUT2D eigenvalue weighted by atomic mass is 9.84. The zero-order valence-electron chi connectivity index (χ0n) is 12.5. The van der Waals surface area contributed by atoms with Crippen LogP contribution >= 0.6 is 23.2 Å². The fourth-order valence-corrected chi connectivity index (χ4v) is 3.56.